The zero-order valence-corrected chi connectivity index (χ0v) is 18.2. The van der Waals surface area contributed by atoms with Crippen LogP contribution in [0.25, 0.3) is 11.0 Å². The van der Waals surface area contributed by atoms with Crippen molar-refractivity contribution >= 4 is 28.6 Å². The van der Waals surface area contributed by atoms with E-state index in [1.807, 2.05) is 77.9 Å². The maximum Gasteiger partial charge on any atom is 0.173 e. The lowest BCUT2D eigenvalue weighted by molar-refractivity contribution is 0.102. The quantitative estimate of drug-likeness (QED) is 0.429. The van der Waals surface area contributed by atoms with Crippen LogP contribution >= 0.6 is 11.8 Å². The molecule has 0 fully saturated rings. The van der Waals surface area contributed by atoms with Gasteiger partial charge in [-0.3, -0.25) is 4.79 Å². The molecule has 0 bridgehead atoms. The molecule has 1 aromatic heterocycles. The summed E-state index contributed by atoms with van der Waals surface area (Å²) in [5.74, 6) is 0.612. The number of rotatable bonds is 4. The minimum Gasteiger partial charge on any atom is -0.507 e. The molecule has 0 aliphatic carbocycles. The number of para-hydroxylation sites is 2. The Balaban J connectivity index is 1.90. The third kappa shape index (κ3) is 4.25. The van der Waals surface area contributed by atoms with Gasteiger partial charge in [0, 0.05) is 16.7 Å². The number of phenols is 1. The van der Waals surface area contributed by atoms with Gasteiger partial charge in [-0.2, -0.15) is 0 Å². The van der Waals surface area contributed by atoms with Crippen LogP contribution in [0, 0.1) is 0 Å². The molecule has 0 saturated heterocycles. The molecule has 0 unspecified atom stereocenters. The Morgan fingerprint density at radius 3 is 2.14 bits per heavy atom. The van der Waals surface area contributed by atoms with Crippen LogP contribution < -0.4 is 0 Å². The maximum absolute atomic E-state index is 13.0. The summed E-state index contributed by atoms with van der Waals surface area (Å²) in [6, 6.07) is 11.5. The number of benzene rings is 2. The number of aromatic hydroxyl groups is 1. The largest absolute Gasteiger partial charge is 0.507 e. The Labute approximate surface area is 170 Å². The summed E-state index contributed by atoms with van der Waals surface area (Å²) in [5.41, 5.74) is 3.59. The topological polar surface area (TPSA) is 66.0 Å². The Kier molecular flexibility index (Phi) is 5.32. The Morgan fingerprint density at radius 2 is 1.61 bits per heavy atom. The van der Waals surface area contributed by atoms with Gasteiger partial charge in [0.2, 0.25) is 0 Å². The highest BCUT2D eigenvalue weighted by Gasteiger charge is 2.27. The fourth-order valence-electron chi connectivity index (χ4n) is 3.15. The van der Waals surface area contributed by atoms with Gasteiger partial charge in [-0.25, -0.2) is 4.98 Å². The van der Waals surface area contributed by atoms with E-state index in [2.05, 4.69) is 9.97 Å². The molecule has 0 saturated carbocycles. The molecule has 28 heavy (non-hydrogen) atoms. The van der Waals surface area contributed by atoms with Gasteiger partial charge < -0.3 is 10.1 Å². The second-order valence-electron chi connectivity index (χ2n) is 9.19. The van der Waals surface area contributed by atoms with Gasteiger partial charge >= 0.3 is 0 Å². The first kappa shape index (κ1) is 20.5. The predicted molar refractivity (Wildman–Crippen MR) is 117 cm³/mol. The van der Waals surface area contributed by atoms with Crippen LogP contribution in [0.3, 0.4) is 0 Å². The van der Waals surface area contributed by atoms with E-state index in [9.17, 15) is 9.90 Å². The molecular formula is C23H28N2O2S. The number of nitrogens with zero attached hydrogens (tertiary/aromatic N) is 1. The monoisotopic (exact) mass is 396 g/mol. The molecular weight excluding hydrogens is 368 g/mol. The lowest BCUT2D eigenvalue weighted by Gasteiger charge is -2.28. The number of H-pyrrole nitrogens is 1. The number of carbonyl (C=O) groups is 1. The van der Waals surface area contributed by atoms with Crippen molar-refractivity contribution in [2.24, 2.45) is 0 Å². The van der Waals surface area contributed by atoms with Gasteiger partial charge in [0.15, 0.2) is 10.9 Å². The number of aromatic nitrogens is 2. The van der Waals surface area contributed by atoms with Crippen molar-refractivity contribution in [1.29, 1.82) is 0 Å². The lowest BCUT2D eigenvalue weighted by atomic mass is 9.78. The Morgan fingerprint density at radius 1 is 1.04 bits per heavy atom. The summed E-state index contributed by atoms with van der Waals surface area (Å²) >= 11 is 1.40. The van der Waals surface area contributed by atoms with Crippen LogP contribution in [0.4, 0.5) is 0 Å². The van der Waals surface area contributed by atoms with E-state index in [0.717, 1.165) is 27.3 Å². The molecule has 0 radical (unpaired) electrons. The highest BCUT2D eigenvalue weighted by Crippen LogP contribution is 2.40. The van der Waals surface area contributed by atoms with Crippen LogP contribution in [-0.2, 0) is 10.8 Å². The Bertz CT molecular complexity index is 955. The van der Waals surface area contributed by atoms with Crippen LogP contribution in [0.5, 0.6) is 5.75 Å². The van der Waals surface area contributed by atoms with Crippen LogP contribution in [0.15, 0.2) is 41.6 Å². The third-order valence-electron chi connectivity index (χ3n) is 4.76. The molecule has 0 aliphatic rings. The summed E-state index contributed by atoms with van der Waals surface area (Å²) in [6.45, 7) is 12.3. The molecule has 0 amide bonds. The van der Waals surface area contributed by atoms with Gasteiger partial charge in [0.05, 0.1) is 16.8 Å². The van der Waals surface area contributed by atoms with E-state index in [-0.39, 0.29) is 22.4 Å². The van der Waals surface area contributed by atoms with Gasteiger partial charge in [0.1, 0.15) is 5.75 Å². The number of carbonyl (C=O) groups excluding carboxylic acids is 1. The standard InChI is InChI=1S/C23H28N2O2S/c1-22(2,3)15-11-14(12-16(20(15)27)23(4,5)6)19(26)13-28-21-24-17-9-7-8-10-18(17)25-21/h7-12,27H,13H2,1-6H3,(H,24,25). The average molecular weight is 397 g/mol. The number of aromatic amines is 1. The van der Waals surface area contributed by atoms with Crippen molar-refractivity contribution in [3.63, 3.8) is 0 Å². The number of fused-ring (bicyclic) bond motifs is 1. The van der Waals surface area contributed by atoms with Crippen molar-refractivity contribution in [1.82, 2.24) is 9.97 Å². The van der Waals surface area contributed by atoms with E-state index in [0.29, 0.717) is 11.3 Å². The zero-order chi connectivity index (χ0) is 20.7. The number of thioether (sulfide) groups is 1. The van der Waals surface area contributed by atoms with Crippen molar-refractivity contribution in [3.05, 3.63) is 53.1 Å². The molecule has 0 atom stereocenters. The smallest absolute Gasteiger partial charge is 0.173 e. The summed E-state index contributed by atoms with van der Waals surface area (Å²) in [5, 5.41) is 11.6. The van der Waals surface area contributed by atoms with Gasteiger partial charge in [-0.1, -0.05) is 65.4 Å². The minimum atomic E-state index is -0.258. The van der Waals surface area contributed by atoms with Crippen LogP contribution in [0.1, 0.15) is 63.0 Å². The summed E-state index contributed by atoms with van der Waals surface area (Å²) in [7, 11) is 0. The maximum atomic E-state index is 13.0. The predicted octanol–water partition coefficient (Wildman–Crippen LogP) is 5.84. The molecule has 5 heteroatoms. The molecule has 2 aromatic carbocycles. The van der Waals surface area contributed by atoms with Gasteiger partial charge in [-0.15, -0.1) is 0 Å². The number of nitrogens with one attached hydrogen (secondary N) is 1. The molecule has 3 rings (SSSR count). The van der Waals surface area contributed by atoms with E-state index in [1.165, 1.54) is 11.8 Å². The van der Waals surface area contributed by atoms with E-state index < -0.39 is 0 Å². The first-order valence-corrected chi connectivity index (χ1v) is 10.4. The minimum absolute atomic E-state index is 0.0291. The number of hydrogen-bond acceptors (Lipinski definition) is 4. The highest BCUT2D eigenvalue weighted by atomic mass is 32.2. The SMILES string of the molecule is CC(C)(C)c1cc(C(=O)CSc2nc3ccccc3[nH]2)cc(C(C)(C)C)c1O. The van der Waals surface area contributed by atoms with Crippen LogP contribution in [0.2, 0.25) is 0 Å². The van der Waals surface area contributed by atoms with Crippen LogP contribution in [-0.4, -0.2) is 26.6 Å². The molecule has 148 valence electrons. The number of hydrogen-bond donors (Lipinski definition) is 2. The Hall–Kier alpha value is -2.27. The fraction of sp³-hybridized carbons (Fsp3) is 0.391. The first-order valence-electron chi connectivity index (χ1n) is 9.45. The number of phenolic OH excluding ortho intramolecular Hbond substituents is 1. The van der Waals surface area contributed by atoms with Crippen molar-refractivity contribution < 1.29 is 9.90 Å². The van der Waals surface area contributed by atoms with Gasteiger partial charge in [0.25, 0.3) is 0 Å². The molecule has 1 heterocycles. The normalized spacial score (nSPS) is 12.5. The van der Waals surface area contributed by atoms with E-state index in [1.54, 1.807) is 0 Å². The van der Waals surface area contributed by atoms with E-state index in [4.69, 9.17) is 0 Å². The summed E-state index contributed by atoms with van der Waals surface area (Å²) < 4.78 is 0. The zero-order valence-electron chi connectivity index (χ0n) is 17.4. The molecule has 0 aliphatic heterocycles. The number of imidazole rings is 1. The fourth-order valence-corrected chi connectivity index (χ4v) is 3.93. The second-order valence-corrected chi connectivity index (χ2v) is 10.2. The number of ketones is 1. The van der Waals surface area contributed by atoms with Crippen molar-refractivity contribution in [2.75, 3.05) is 5.75 Å². The summed E-state index contributed by atoms with van der Waals surface area (Å²) in [4.78, 5) is 20.7. The average Bonchev–Trinajstić information content (AvgIpc) is 3.00. The second kappa shape index (κ2) is 7.28. The number of Topliss-reactive ketones (excluding diaryl/α,β-unsaturated/α-hetero) is 1. The third-order valence-corrected chi connectivity index (χ3v) is 5.63. The molecule has 4 nitrogen and oxygen atoms in total. The van der Waals surface area contributed by atoms with Gasteiger partial charge in [-0.05, 0) is 35.1 Å². The molecule has 2 N–H and O–H groups in total. The van der Waals surface area contributed by atoms with E-state index >= 15 is 0 Å². The summed E-state index contributed by atoms with van der Waals surface area (Å²) in [6.07, 6.45) is 0. The highest BCUT2D eigenvalue weighted by molar-refractivity contribution is 7.99. The molecule has 3 aromatic rings. The van der Waals surface area contributed by atoms with Crippen molar-refractivity contribution in [3.8, 4) is 5.75 Å². The lowest BCUT2D eigenvalue weighted by Crippen LogP contribution is -2.19. The molecule has 0 spiro atoms. The van der Waals surface area contributed by atoms with Crippen molar-refractivity contribution in [2.45, 2.75) is 57.5 Å². The first-order chi connectivity index (χ1) is 13.0.